The summed E-state index contributed by atoms with van der Waals surface area (Å²) in [6.45, 7) is 4.56. The van der Waals surface area contributed by atoms with Crippen molar-refractivity contribution >= 4 is 38.9 Å². The minimum absolute atomic E-state index is 0.296. The van der Waals surface area contributed by atoms with E-state index in [0.717, 1.165) is 42.0 Å². The molecule has 0 radical (unpaired) electrons. The van der Waals surface area contributed by atoms with Gasteiger partial charge in [0.25, 0.3) is 5.19 Å². The number of hydrogen-bond acceptors (Lipinski definition) is 10. The first-order chi connectivity index (χ1) is 19.5. The van der Waals surface area contributed by atoms with Gasteiger partial charge in [0, 0.05) is 36.8 Å². The van der Waals surface area contributed by atoms with Gasteiger partial charge in [0.2, 0.25) is 4.96 Å². The lowest BCUT2D eigenvalue weighted by molar-refractivity contribution is 0.0526. The van der Waals surface area contributed by atoms with E-state index in [-0.39, 0.29) is 5.97 Å². The summed E-state index contributed by atoms with van der Waals surface area (Å²) in [6, 6.07) is 13.3. The largest absolute Gasteiger partial charge is 0.496 e. The van der Waals surface area contributed by atoms with Gasteiger partial charge in [-0.3, -0.25) is 0 Å². The second-order valence-electron chi connectivity index (χ2n) is 9.61. The number of imidazole rings is 1. The van der Waals surface area contributed by atoms with Gasteiger partial charge >= 0.3 is 5.97 Å². The van der Waals surface area contributed by atoms with Gasteiger partial charge in [-0.1, -0.05) is 0 Å². The molecule has 0 bridgehead atoms. The van der Waals surface area contributed by atoms with Crippen LogP contribution in [-0.2, 0) is 4.74 Å². The standard InChI is InChI=1S/C29H30N4O6S/c1-4-37-27(34)19-7-9-20(10-8-19)32-11-5-6-18(15-32)17-38-24-12-21(35-2)13-25-22(24)14-26(39-25)23-16-33-28(30-23)40-29(31-33)36-3/h7-10,12-14,16,18H,4-6,11,15,17H2,1-3H3/t18-/m1/s1. The highest BCUT2D eigenvalue weighted by Gasteiger charge is 2.23. The van der Waals surface area contributed by atoms with Crippen LogP contribution in [0.4, 0.5) is 5.69 Å². The maximum absolute atomic E-state index is 12.0. The Hall–Kier alpha value is -4.25. The highest BCUT2D eigenvalue weighted by molar-refractivity contribution is 7.18. The van der Waals surface area contributed by atoms with Gasteiger partial charge < -0.3 is 28.3 Å². The third-order valence-electron chi connectivity index (χ3n) is 7.00. The van der Waals surface area contributed by atoms with E-state index < -0.39 is 0 Å². The molecule has 40 heavy (non-hydrogen) atoms. The normalized spacial score (nSPS) is 15.5. The summed E-state index contributed by atoms with van der Waals surface area (Å²) in [5.74, 6) is 2.04. The van der Waals surface area contributed by atoms with Crippen molar-refractivity contribution in [2.75, 3.05) is 45.4 Å². The van der Waals surface area contributed by atoms with Gasteiger partial charge in [0.15, 0.2) is 5.76 Å². The number of carbonyl (C=O) groups is 1. The molecule has 2 aromatic carbocycles. The third kappa shape index (κ3) is 5.16. The smallest absolute Gasteiger partial charge is 0.338 e. The van der Waals surface area contributed by atoms with Crippen LogP contribution in [0.2, 0.25) is 0 Å². The zero-order valence-corrected chi connectivity index (χ0v) is 23.4. The van der Waals surface area contributed by atoms with Crippen molar-refractivity contribution in [2.45, 2.75) is 19.8 Å². The predicted molar refractivity (Wildman–Crippen MR) is 152 cm³/mol. The summed E-state index contributed by atoms with van der Waals surface area (Å²) in [4.78, 5) is 19.7. The molecule has 4 heterocycles. The van der Waals surface area contributed by atoms with Crippen LogP contribution in [0.1, 0.15) is 30.1 Å². The Labute approximate surface area is 235 Å². The van der Waals surface area contributed by atoms with Crippen molar-refractivity contribution in [3.05, 3.63) is 54.2 Å². The van der Waals surface area contributed by atoms with E-state index in [9.17, 15) is 4.79 Å². The zero-order valence-electron chi connectivity index (χ0n) is 22.6. The number of esters is 1. The molecule has 1 aliphatic heterocycles. The average Bonchev–Trinajstić information content (AvgIpc) is 3.69. The highest BCUT2D eigenvalue weighted by atomic mass is 32.1. The number of nitrogens with zero attached hydrogens (tertiary/aromatic N) is 4. The third-order valence-corrected chi connectivity index (χ3v) is 7.88. The molecule has 0 unspecified atom stereocenters. The first-order valence-electron chi connectivity index (χ1n) is 13.2. The topological polar surface area (TPSA) is 101 Å². The van der Waals surface area contributed by atoms with E-state index >= 15 is 0 Å². The number of aromatic nitrogens is 3. The molecule has 6 rings (SSSR count). The van der Waals surface area contributed by atoms with Gasteiger partial charge in [-0.05, 0) is 61.4 Å². The molecule has 0 spiro atoms. The molecule has 0 N–H and O–H groups in total. The summed E-state index contributed by atoms with van der Waals surface area (Å²) >= 11 is 1.36. The Bertz CT molecular complexity index is 1610. The summed E-state index contributed by atoms with van der Waals surface area (Å²) in [6.07, 6.45) is 3.95. The first kappa shape index (κ1) is 26.0. The number of fused-ring (bicyclic) bond motifs is 2. The number of furan rings is 1. The zero-order chi connectivity index (χ0) is 27.6. The number of rotatable bonds is 9. The fraction of sp³-hybridized carbons (Fsp3) is 0.345. The monoisotopic (exact) mass is 562 g/mol. The van der Waals surface area contributed by atoms with Gasteiger partial charge in [-0.15, -0.1) is 5.10 Å². The summed E-state index contributed by atoms with van der Waals surface area (Å²) in [7, 11) is 3.21. The number of anilines is 1. The summed E-state index contributed by atoms with van der Waals surface area (Å²) < 4.78 is 30.1. The van der Waals surface area contributed by atoms with Crippen LogP contribution in [0.3, 0.4) is 0 Å². The van der Waals surface area contributed by atoms with E-state index in [2.05, 4.69) is 15.0 Å². The molecule has 1 fully saturated rings. The second-order valence-corrected chi connectivity index (χ2v) is 10.5. The Morgan fingerprint density at radius 3 is 2.75 bits per heavy atom. The van der Waals surface area contributed by atoms with Crippen LogP contribution in [0.15, 0.2) is 53.1 Å². The van der Waals surface area contributed by atoms with Crippen LogP contribution in [0, 0.1) is 5.92 Å². The Morgan fingerprint density at radius 1 is 1.15 bits per heavy atom. The maximum Gasteiger partial charge on any atom is 0.338 e. The van der Waals surface area contributed by atoms with E-state index in [1.807, 2.05) is 55.6 Å². The Kier molecular flexibility index (Phi) is 7.21. The number of piperidine rings is 1. The van der Waals surface area contributed by atoms with Crippen molar-refractivity contribution in [3.8, 4) is 28.1 Å². The van der Waals surface area contributed by atoms with Gasteiger partial charge in [-0.25, -0.2) is 14.3 Å². The number of methoxy groups -OCH3 is 2. The molecule has 208 valence electrons. The summed E-state index contributed by atoms with van der Waals surface area (Å²) in [5.41, 5.74) is 3.00. The van der Waals surface area contributed by atoms with Crippen LogP contribution in [0.25, 0.3) is 27.4 Å². The lowest BCUT2D eigenvalue weighted by atomic mass is 9.98. The van der Waals surface area contributed by atoms with Crippen molar-refractivity contribution in [3.63, 3.8) is 0 Å². The fourth-order valence-electron chi connectivity index (χ4n) is 5.00. The van der Waals surface area contributed by atoms with Gasteiger partial charge in [-0.2, -0.15) is 0 Å². The van der Waals surface area contributed by atoms with Gasteiger partial charge in [0.05, 0.1) is 44.6 Å². The van der Waals surface area contributed by atoms with E-state index in [4.69, 9.17) is 23.4 Å². The molecule has 0 aliphatic carbocycles. The molecule has 3 aromatic heterocycles. The van der Waals surface area contributed by atoms with E-state index in [1.54, 1.807) is 18.7 Å². The maximum atomic E-state index is 12.0. The Balaban J connectivity index is 1.18. The molecule has 1 saturated heterocycles. The number of ether oxygens (including phenoxy) is 4. The minimum atomic E-state index is -0.296. The van der Waals surface area contributed by atoms with Crippen LogP contribution >= 0.6 is 11.3 Å². The molecular weight excluding hydrogens is 532 g/mol. The molecule has 5 aromatic rings. The summed E-state index contributed by atoms with van der Waals surface area (Å²) in [5, 5.41) is 5.76. The van der Waals surface area contributed by atoms with Crippen molar-refractivity contribution in [2.24, 2.45) is 5.92 Å². The van der Waals surface area contributed by atoms with Crippen molar-refractivity contribution in [1.29, 1.82) is 0 Å². The SMILES string of the molecule is CCOC(=O)c1ccc(N2CCC[C@@H](COc3cc(OC)cc4oc(-c5cn6nc(OC)sc6n5)cc34)C2)cc1. The number of hydrogen-bond donors (Lipinski definition) is 0. The minimum Gasteiger partial charge on any atom is -0.496 e. The molecule has 10 nitrogen and oxygen atoms in total. The molecule has 0 amide bonds. The number of carbonyl (C=O) groups excluding carboxylic acids is 1. The molecule has 11 heteroatoms. The second kappa shape index (κ2) is 11.1. The van der Waals surface area contributed by atoms with Crippen LogP contribution in [-0.4, -0.2) is 61.1 Å². The van der Waals surface area contributed by atoms with E-state index in [0.29, 0.717) is 58.4 Å². The van der Waals surface area contributed by atoms with Crippen molar-refractivity contribution < 1.29 is 28.2 Å². The van der Waals surface area contributed by atoms with Crippen molar-refractivity contribution in [1.82, 2.24) is 14.6 Å². The lowest BCUT2D eigenvalue weighted by Gasteiger charge is -2.34. The number of benzene rings is 2. The molecular formula is C29H30N4O6S. The van der Waals surface area contributed by atoms with Crippen LogP contribution < -0.4 is 19.1 Å². The lowest BCUT2D eigenvalue weighted by Crippen LogP contribution is -2.37. The predicted octanol–water partition coefficient (Wildman–Crippen LogP) is 5.69. The first-order valence-corrected chi connectivity index (χ1v) is 14.0. The highest BCUT2D eigenvalue weighted by Crippen LogP contribution is 2.38. The molecule has 1 atom stereocenters. The van der Waals surface area contributed by atoms with Crippen LogP contribution in [0.5, 0.6) is 16.7 Å². The quantitative estimate of drug-likeness (QED) is 0.210. The Morgan fingerprint density at radius 2 is 2.00 bits per heavy atom. The average molecular weight is 563 g/mol. The molecule has 0 saturated carbocycles. The van der Waals surface area contributed by atoms with E-state index in [1.165, 1.54) is 11.3 Å². The molecule has 1 aliphatic rings. The van der Waals surface area contributed by atoms with Gasteiger partial charge in [0.1, 0.15) is 22.8 Å². The fourth-order valence-corrected chi connectivity index (χ4v) is 5.69.